The topological polar surface area (TPSA) is 79.6 Å². The third-order valence-corrected chi connectivity index (χ3v) is 5.37. The quantitative estimate of drug-likeness (QED) is 0.690. The third-order valence-electron chi connectivity index (χ3n) is 5.37. The third kappa shape index (κ3) is 3.78. The minimum atomic E-state index is -0.437. The fraction of sp³-hybridized carbons (Fsp3) is 0.261. The van der Waals surface area contributed by atoms with E-state index in [1.807, 2.05) is 37.3 Å². The lowest BCUT2D eigenvalue weighted by molar-refractivity contribution is -0.122. The van der Waals surface area contributed by atoms with Crippen LogP contribution in [0.2, 0.25) is 0 Å². The van der Waals surface area contributed by atoms with E-state index in [1.54, 1.807) is 17.0 Å². The summed E-state index contributed by atoms with van der Waals surface area (Å²) in [5.41, 5.74) is 3.37. The molecule has 29 heavy (non-hydrogen) atoms. The number of amides is 2. The molecule has 0 bridgehead atoms. The second kappa shape index (κ2) is 7.54. The standard InChI is InChI=1S/C23H22N2O4/c1-3-15-4-7-18(8-5-15)25-13-16(11-21(25)26)23(28)24-17-6-9-19-14(2)10-22(27)29-20(19)12-17/h4-10,12,16H,3,11,13H2,1-2H3,(H,24,28). The number of aryl methyl sites for hydroxylation is 2. The molecule has 0 radical (unpaired) electrons. The Morgan fingerprint density at radius 3 is 2.62 bits per heavy atom. The summed E-state index contributed by atoms with van der Waals surface area (Å²) in [6.45, 7) is 4.26. The molecule has 0 spiro atoms. The van der Waals surface area contributed by atoms with Crippen molar-refractivity contribution in [1.29, 1.82) is 0 Å². The number of fused-ring (bicyclic) bond motifs is 1. The van der Waals surface area contributed by atoms with Gasteiger partial charge in [0.2, 0.25) is 11.8 Å². The fourth-order valence-electron chi connectivity index (χ4n) is 3.69. The molecule has 0 saturated carbocycles. The highest BCUT2D eigenvalue weighted by Gasteiger charge is 2.35. The highest BCUT2D eigenvalue weighted by Crippen LogP contribution is 2.27. The molecule has 1 fully saturated rings. The number of carbonyl (C=O) groups is 2. The molecule has 6 heteroatoms. The Bertz CT molecular complexity index is 1150. The van der Waals surface area contributed by atoms with E-state index < -0.39 is 11.5 Å². The Balaban J connectivity index is 1.49. The van der Waals surface area contributed by atoms with Crippen LogP contribution in [0.25, 0.3) is 11.0 Å². The van der Waals surface area contributed by atoms with Gasteiger partial charge in [-0.3, -0.25) is 9.59 Å². The monoisotopic (exact) mass is 390 g/mol. The van der Waals surface area contributed by atoms with Gasteiger partial charge in [-0.1, -0.05) is 19.1 Å². The average molecular weight is 390 g/mol. The molecule has 1 unspecified atom stereocenters. The molecule has 2 amide bonds. The summed E-state index contributed by atoms with van der Waals surface area (Å²) in [5.74, 6) is -0.719. The largest absolute Gasteiger partial charge is 0.423 e. The van der Waals surface area contributed by atoms with E-state index in [-0.39, 0.29) is 18.2 Å². The van der Waals surface area contributed by atoms with E-state index in [4.69, 9.17) is 4.42 Å². The van der Waals surface area contributed by atoms with Crippen molar-refractivity contribution in [2.24, 2.45) is 5.92 Å². The van der Waals surface area contributed by atoms with Gasteiger partial charge in [0, 0.05) is 41.9 Å². The molecule has 4 rings (SSSR count). The first kappa shape index (κ1) is 18.9. The summed E-state index contributed by atoms with van der Waals surface area (Å²) in [4.78, 5) is 38.4. The SMILES string of the molecule is CCc1ccc(N2CC(C(=O)Nc3ccc4c(C)cc(=O)oc4c3)CC2=O)cc1. The van der Waals surface area contributed by atoms with Crippen molar-refractivity contribution in [3.05, 3.63) is 70.1 Å². The van der Waals surface area contributed by atoms with E-state index in [9.17, 15) is 14.4 Å². The smallest absolute Gasteiger partial charge is 0.336 e. The molecule has 2 aromatic carbocycles. The first-order valence-electron chi connectivity index (χ1n) is 9.69. The average Bonchev–Trinajstić information content (AvgIpc) is 3.09. The Hall–Kier alpha value is -3.41. The van der Waals surface area contributed by atoms with Crippen molar-refractivity contribution in [3.63, 3.8) is 0 Å². The van der Waals surface area contributed by atoms with Gasteiger partial charge in [0.1, 0.15) is 5.58 Å². The van der Waals surface area contributed by atoms with Crippen molar-refractivity contribution in [2.75, 3.05) is 16.8 Å². The Kier molecular flexibility index (Phi) is 4.92. The zero-order valence-electron chi connectivity index (χ0n) is 16.4. The predicted octanol–water partition coefficient (Wildman–Crippen LogP) is 3.66. The molecular formula is C23H22N2O4. The lowest BCUT2D eigenvalue weighted by atomic mass is 10.1. The lowest BCUT2D eigenvalue weighted by Crippen LogP contribution is -2.28. The van der Waals surface area contributed by atoms with E-state index in [2.05, 4.69) is 12.2 Å². The van der Waals surface area contributed by atoms with Gasteiger partial charge in [-0.15, -0.1) is 0 Å². The molecule has 1 aliphatic heterocycles. The van der Waals surface area contributed by atoms with E-state index in [0.717, 1.165) is 23.1 Å². The minimum Gasteiger partial charge on any atom is -0.423 e. The van der Waals surface area contributed by atoms with Crippen LogP contribution in [0, 0.1) is 12.8 Å². The molecular weight excluding hydrogens is 368 g/mol. The van der Waals surface area contributed by atoms with Crippen LogP contribution in [0.1, 0.15) is 24.5 Å². The van der Waals surface area contributed by atoms with Gasteiger partial charge in [0.05, 0.1) is 5.92 Å². The first-order valence-corrected chi connectivity index (χ1v) is 9.69. The van der Waals surface area contributed by atoms with Gasteiger partial charge < -0.3 is 14.6 Å². The Labute approximate surface area is 168 Å². The van der Waals surface area contributed by atoms with Gasteiger partial charge >= 0.3 is 5.63 Å². The zero-order valence-corrected chi connectivity index (χ0v) is 16.4. The number of carbonyl (C=O) groups excluding carboxylic acids is 2. The van der Waals surface area contributed by atoms with Crippen LogP contribution in [0.15, 0.2) is 57.7 Å². The van der Waals surface area contributed by atoms with Crippen molar-refractivity contribution < 1.29 is 14.0 Å². The molecule has 6 nitrogen and oxygen atoms in total. The van der Waals surface area contributed by atoms with Crippen molar-refractivity contribution in [1.82, 2.24) is 0 Å². The highest BCUT2D eigenvalue weighted by atomic mass is 16.4. The molecule has 1 atom stereocenters. The number of hydrogen-bond acceptors (Lipinski definition) is 4. The van der Waals surface area contributed by atoms with Crippen molar-refractivity contribution in [2.45, 2.75) is 26.7 Å². The van der Waals surface area contributed by atoms with E-state index in [1.165, 1.54) is 11.6 Å². The number of hydrogen-bond donors (Lipinski definition) is 1. The summed E-state index contributed by atoms with van der Waals surface area (Å²) >= 11 is 0. The maximum absolute atomic E-state index is 12.7. The van der Waals surface area contributed by atoms with Crippen molar-refractivity contribution >= 4 is 34.2 Å². The molecule has 1 aliphatic rings. The molecule has 2 heterocycles. The summed E-state index contributed by atoms with van der Waals surface area (Å²) in [7, 11) is 0. The minimum absolute atomic E-state index is 0.0606. The molecule has 148 valence electrons. The number of benzene rings is 2. The van der Waals surface area contributed by atoms with Gasteiger partial charge in [-0.05, 0) is 48.7 Å². The second-order valence-electron chi connectivity index (χ2n) is 7.37. The molecule has 0 aliphatic carbocycles. The van der Waals surface area contributed by atoms with Crippen LogP contribution < -0.4 is 15.8 Å². The maximum atomic E-state index is 12.7. The van der Waals surface area contributed by atoms with Crippen LogP contribution >= 0.6 is 0 Å². The van der Waals surface area contributed by atoms with Gasteiger partial charge in [-0.2, -0.15) is 0 Å². The lowest BCUT2D eigenvalue weighted by Gasteiger charge is -2.17. The van der Waals surface area contributed by atoms with Crippen LogP contribution in [-0.2, 0) is 16.0 Å². The summed E-state index contributed by atoms with van der Waals surface area (Å²) in [6, 6.07) is 14.5. The summed E-state index contributed by atoms with van der Waals surface area (Å²) in [5, 5.41) is 3.67. The van der Waals surface area contributed by atoms with Gasteiger partial charge in [-0.25, -0.2) is 4.79 Å². The summed E-state index contributed by atoms with van der Waals surface area (Å²) in [6.07, 6.45) is 1.10. The first-order chi connectivity index (χ1) is 13.9. The van der Waals surface area contributed by atoms with E-state index >= 15 is 0 Å². The van der Waals surface area contributed by atoms with Crippen LogP contribution in [-0.4, -0.2) is 18.4 Å². The second-order valence-corrected chi connectivity index (χ2v) is 7.37. The Morgan fingerprint density at radius 2 is 1.90 bits per heavy atom. The molecule has 1 saturated heterocycles. The van der Waals surface area contributed by atoms with Crippen molar-refractivity contribution in [3.8, 4) is 0 Å². The Morgan fingerprint density at radius 1 is 1.14 bits per heavy atom. The number of nitrogens with one attached hydrogen (secondary N) is 1. The number of nitrogens with zero attached hydrogens (tertiary/aromatic N) is 1. The van der Waals surface area contributed by atoms with Crippen LogP contribution in [0.5, 0.6) is 0 Å². The maximum Gasteiger partial charge on any atom is 0.336 e. The zero-order chi connectivity index (χ0) is 20.5. The normalized spacial score (nSPS) is 16.4. The molecule has 3 aromatic rings. The number of anilines is 2. The highest BCUT2D eigenvalue weighted by molar-refractivity contribution is 6.04. The fourth-order valence-corrected chi connectivity index (χ4v) is 3.69. The summed E-state index contributed by atoms with van der Waals surface area (Å²) < 4.78 is 5.23. The van der Waals surface area contributed by atoms with Gasteiger partial charge in [0.25, 0.3) is 0 Å². The number of rotatable bonds is 4. The van der Waals surface area contributed by atoms with Crippen LogP contribution in [0.3, 0.4) is 0 Å². The van der Waals surface area contributed by atoms with Crippen LogP contribution in [0.4, 0.5) is 11.4 Å². The predicted molar refractivity (Wildman–Crippen MR) is 112 cm³/mol. The molecule has 1 N–H and O–H groups in total. The van der Waals surface area contributed by atoms with Gasteiger partial charge in [0.15, 0.2) is 0 Å². The van der Waals surface area contributed by atoms with E-state index in [0.29, 0.717) is 17.8 Å². The molecule has 1 aromatic heterocycles.